The fraction of sp³-hybridized carbons (Fsp3) is 0.692. The first kappa shape index (κ1) is 14.1. The summed E-state index contributed by atoms with van der Waals surface area (Å²) < 4.78 is 0. The van der Waals surface area contributed by atoms with E-state index in [0.29, 0.717) is 12.0 Å². The largest absolute Gasteiger partial charge is 0.308 e. The molecule has 96 valence electrons. The molecule has 0 aliphatic rings. The minimum absolute atomic E-state index is 0.506. The number of hydrogen-bond acceptors (Lipinski definition) is 4. The van der Waals surface area contributed by atoms with Crippen molar-refractivity contribution in [2.45, 2.75) is 32.9 Å². The minimum atomic E-state index is 0.506. The third-order valence-corrected chi connectivity index (χ3v) is 2.53. The summed E-state index contributed by atoms with van der Waals surface area (Å²) >= 11 is 0. The zero-order chi connectivity index (χ0) is 12.7. The van der Waals surface area contributed by atoms with E-state index in [-0.39, 0.29) is 0 Å². The lowest BCUT2D eigenvalue weighted by Gasteiger charge is -2.23. The molecule has 0 bridgehead atoms. The Labute approximate surface area is 104 Å². The topological polar surface area (TPSA) is 41.0 Å². The average Bonchev–Trinajstić information content (AvgIpc) is 2.26. The van der Waals surface area contributed by atoms with E-state index in [9.17, 15) is 0 Å². The molecule has 0 amide bonds. The minimum Gasteiger partial charge on any atom is -0.308 e. The molecule has 0 fully saturated rings. The number of aromatic nitrogens is 2. The molecule has 1 aromatic heterocycles. The van der Waals surface area contributed by atoms with Crippen molar-refractivity contribution in [1.82, 2.24) is 20.2 Å². The highest BCUT2D eigenvalue weighted by Gasteiger charge is 2.11. The fourth-order valence-electron chi connectivity index (χ4n) is 1.90. The summed E-state index contributed by atoms with van der Waals surface area (Å²) in [5.74, 6) is 0.703. The van der Waals surface area contributed by atoms with Crippen LogP contribution in [-0.4, -0.2) is 41.5 Å². The van der Waals surface area contributed by atoms with Crippen LogP contribution in [-0.2, 0) is 6.54 Å². The molecule has 0 saturated carbocycles. The second kappa shape index (κ2) is 7.35. The second-order valence-corrected chi connectivity index (χ2v) is 5.17. The van der Waals surface area contributed by atoms with Gasteiger partial charge in [-0.2, -0.15) is 0 Å². The van der Waals surface area contributed by atoms with Crippen LogP contribution < -0.4 is 5.32 Å². The van der Waals surface area contributed by atoms with Gasteiger partial charge in [0.15, 0.2) is 0 Å². The molecule has 4 nitrogen and oxygen atoms in total. The van der Waals surface area contributed by atoms with Crippen molar-refractivity contribution >= 4 is 0 Å². The molecule has 17 heavy (non-hydrogen) atoms. The van der Waals surface area contributed by atoms with E-state index >= 15 is 0 Å². The van der Waals surface area contributed by atoms with Crippen molar-refractivity contribution in [1.29, 1.82) is 0 Å². The average molecular weight is 236 g/mol. The Morgan fingerprint density at radius 2 is 2.06 bits per heavy atom. The smallest absolute Gasteiger partial charge is 0.0724 e. The quantitative estimate of drug-likeness (QED) is 0.780. The SMILES string of the molecule is CC(C)CC(CN(C)C)NCc1cnccn1. The zero-order valence-electron chi connectivity index (χ0n) is 11.3. The van der Waals surface area contributed by atoms with Gasteiger partial charge in [-0.05, 0) is 26.4 Å². The Hall–Kier alpha value is -1.00. The third kappa shape index (κ3) is 6.34. The standard InChI is InChI=1S/C13H24N4/c1-11(2)7-12(10-17(3)4)16-9-13-8-14-5-6-15-13/h5-6,8,11-12,16H,7,9-10H2,1-4H3. The van der Waals surface area contributed by atoms with Gasteiger partial charge in [0.25, 0.3) is 0 Å². The molecule has 1 heterocycles. The molecule has 1 aromatic rings. The normalized spacial score (nSPS) is 13.3. The van der Waals surface area contributed by atoms with Gasteiger partial charge < -0.3 is 10.2 Å². The lowest BCUT2D eigenvalue weighted by Crippen LogP contribution is -2.39. The van der Waals surface area contributed by atoms with E-state index in [1.165, 1.54) is 6.42 Å². The van der Waals surface area contributed by atoms with Gasteiger partial charge in [0.1, 0.15) is 0 Å². The van der Waals surface area contributed by atoms with Crippen LogP contribution in [0.1, 0.15) is 26.0 Å². The maximum atomic E-state index is 4.27. The van der Waals surface area contributed by atoms with Gasteiger partial charge in [-0.1, -0.05) is 13.8 Å². The maximum Gasteiger partial charge on any atom is 0.0724 e. The lowest BCUT2D eigenvalue weighted by molar-refractivity contribution is 0.304. The zero-order valence-corrected chi connectivity index (χ0v) is 11.3. The first-order valence-corrected chi connectivity index (χ1v) is 6.21. The van der Waals surface area contributed by atoms with Crippen molar-refractivity contribution in [2.24, 2.45) is 5.92 Å². The van der Waals surface area contributed by atoms with Gasteiger partial charge in [-0.15, -0.1) is 0 Å². The van der Waals surface area contributed by atoms with Crippen LogP contribution >= 0.6 is 0 Å². The first-order chi connectivity index (χ1) is 8.08. The molecular weight excluding hydrogens is 212 g/mol. The Balaban J connectivity index is 2.43. The maximum absolute atomic E-state index is 4.27. The van der Waals surface area contributed by atoms with Crippen LogP contribution in [0.15, 0.2) is 18.6 Å². The molecule has 0 aliphatic heterocycles. The highest BCUT2D eigenvalue weighted by atomic mass is 15.1. The molecule has 1 rings (SSSR count). The molecule has 0 aliphatic carbocycles. The van der Waals surface area contributed by atoms with E-state index in [1.807, 2.05) is 6.20 Å². The van der Waals surface area contributed by atoms with E-state index in [2.05, 4.69) is 48.1 Å². The predicted molar refractivity (Wildman–Crippen MR) is 70.7 cm³/mol. The summed E-state index contributed by atoms with van der Waals surface area (Å²) in [5.41, 5.74) is 1.00. The summed E-state index contributed by atoms with van der Waals surface area (Å²) in [6, 6.07) is 0.506. The van der Waals surface area contributed by atoms with Crippen LogP contribution in [0.25, 0.3) is 0 Å². The molecule has 4 heteroatoms. The highest BCUT2D eigenvalue weighted by Crippen LogP contribution is 2.06. The third-order valence-electron chi connectivity index (χ3n) is 2.53. The Morgan fingerprint density at radius 3 is 2.59 bits per heavy atom. The van der Waals surface area contributed by atoms with Gasteiger partial charge in [0.2, 0.25) is 0 Å². The van der Waals surface area contributed by atoms with Crippen LogP contribution in [0.2, 0.25) is 0 Å². The summed E-state index contributed by atoms with van der Waals surface area (Å²) in [4.78, 5) is 10.6. The number of nitrogens with one attached hydrogen (secondary N) is 1. The Bertz CT molecular complexity index is 288. The number of likely N-dealkylation sites (N-methyl/N-ethyl adjacent to an activating group) is 1. The molecule has 0 saturated heterocycles. The first-order valence-electron chi connectivity index (χ1n) is 6.21. The molecule has 0 radical (unpaired) electrons. The van der Waals surface area contributed by atoms with Crippen LogP contribution in [0.3, 0.4) is 0 Å². The summed E-state index contributed by atoms with van der Waals surface area (Å²) in [6.45, 7) is 6.36. The van der Waals surface area contributed by atoms with E-state index in [1.54, 1.807) is 12.4 Å². The van der Waals surface area contributed by atoms with Crippen molar-refractivity contribution in [3.63, 3.8) is 0 Å². The number of rotatable bonds is 7. The molecule has 1 N–H and O–H groups in total. The van der Waals surface area contributed by atoms with Crippen molar-refractivity contribution < 1.29 is 0 Å². The van der Waals surface area contributed by atoms with Crippen molar-refractivity contribution in [2.75, 3.05) is 20.6 Å². The van der Waals surface area contributed by atoms with Crippen molar-refractivity contribution in [3.8, 4) is 0 Å². The van der Waals surface area contributed by atoms with Crippen LogP contribution in [0.4, 0.5) is 0 Å². The van der Waals surface area contributed by atoms with Crippen molar-refractivity contribution in [3.05, 3.63) is 24.3 Å². The molecule has 1 unspecified atom stereocenters. The monoisotopic (exact) mass is 236 g/mol. The number of nitrogens with zero attached hydrogens (tertiary/aromatic N) is 3. The second-order valence-electron chi connectivity index (χ2n) is 5.17. The lowest BCUT2D eigenvalue weighted by atomic mass is 10.0. The molecular formula is C13H24N4. The van der Waals surface area contributed by atoms with Gasteiger partial charge >= 0.3 is 0 Å². The van der Waals surface area contributed by atoms with Crippen LogP contribution in [0, 0.1) is 5.92 Å². The van der Waals surface area contributed by atoms with Gasteiger partial charge in [0, 0.05) is 37.7 Å². The van der Waals surface area contributed by atoms with Gasteiger partial charge in [-0.25, -0.2) is 0 Å². The predicted octanol–water partition coefficient (Wildman–Crippen LogP) is 1.54. The number of hydrogen-bond donors (Lipinski definition) is 1. The van der Waals surface area contributed by atoms with Crippen LogP contribution in [0.5, 0.6) is 0 Å². The Morgan fingerprint density at radius 1 is 1.29 bits per heavy atom. The molecule has 0 aromatic carbocycles. The summed E-state index contributed by atoms with van der Waals surface area (Å²) in [5, 5.41) is 3.55. The van der Waals surface area contributed by atoms with E-state index in [4.69, 9.17) is 0 Å². The molecule has 1 atom stereocenters. The summed E-state index contributed by atoms with van der Waals surface area (Å²) in [6.07, 6.45) is 6.43. The fourth-order valence-corrected chi connectivity index (χ4v) is 1.90. The molecule has 0 spiro atoms. The van der Waals surface area contributed by atoms with E-state index in [0.717, 1.165) is 18.8 Å². The summed E-state index contributed by atoms with van der Waals surface area (Å²) in [7, 11) is 4.22. The van der Waals surface area contributed by atoms with Gasteiger partial charge in [-0.3, -0.25) is 9.97 Å². The highest BCUT2D eigenvalue weighted by molar-refractivity contribution is 4.94. The Kier molecular flexibility index (Phi) is 6.08. The van der Waals surface area contributed by atoms with E-state index < -0.39 is 0 Å². The van der Waals surface area contributed by atoms with Gasteiger partial charge in [0.05, 0.1) is 5.69 Å².